The highest BCUT2D eigenvalue weighted by atomic mass is 32.1. The van der Waals surface area contributed by atoms with Gasteiger partial charge >= 0.3 is 0 Å². The highest BCUT2D eigenvalue weighted by Gasteiger charge is 2.62. The summed E-state index contributed by atoms with van der Waals surface area (Å²) in [5.41, 5.74) is 28.2. The van der Waals surface area contributed by atoms with E-state index in [2.05, 4.69) is 256 Å². The number of rotatable bonds is 4. The first-order valence-electron chi connectivity index (χ1n) is 28.6. The molecule has 0 radical (unpaired) electrons. The fraction of sp³-hybridized carbons (Fsp3) is 0.306. The molecule has 0 bridgehead atoms. The van der Waals surface area contributed by atoms with Crippen molar-refractivity contribution < 1.29 is 0 Å². The van der Waals surface area contributed by atoms with E-state index in [-0.39, 0.29) is 39.3 Å². The van der Waals surface area contributed by atoms with E-state index in [1.165, 1.54) is 152 Å². The molecule has 1 aromatic heterocycles. The first kappa shape index (κ1) is 47.4. The third kappa shape index (κ3) is 6.16. The second kappa shape index (κ2) is 15.5. The van der Waals surface area contributed by atoms with Crippen molar-refractivity contribution in [1.82, 2.24) is 0 Å². The molecule has 1 saturated carbocycles. The highest BCUT2D eigenvalue weighted by molar-refractivity contribution is 7.33. The van der Waals surface area contributed by atoms with E-state index >= 15 is 0 Å². The molecule has 4 heterocycles. The maximum atomic E-state index is 2.91. The lowest BCUT2D eigenvalue weighted by atomic mass is 9.36. The molecule has 8 aromatic carbocycles. The summed E-state index contributed by atoms with van der Waals surface area (Å²) in [6, 6.07) is 62.4. The van der Waals surface area contributed by atoms with Gasteiger partial charge in [-0.25, -0.2) is 0 Å². The molecule has 6 aliphatic rings. The summed E-state index contributed by atoms with van der Waals surface area (Å²) in [5.74, 6) is 0. The molecule has 3 aliphatic carbocycles. The Morgan fingerprint density at radius 2 is 1.14 bits per heavy atom. The van der Waals surface area contributed by atoms with Crippen molar-refractivity contribution in [3.05, 3.63) is 197 Å². The summed E-state index contributed by atoms with van der Waals surface area (Å²) in [6.07, 6.45) is 4.80. The summed E-state index contributed by atoms with van der Waals surface area (Å²) < 4.78 is 2.82. The fourth-order valence-corrected chi connectivity index (χ4v) is 17.2. The van der Waals surface area contributed by atoms with Crippen LogP contribution in [-0.4, -0.2) is 12.3 Å². The Hall–Kier alpha value is -6.82. The predicted molar refractivity (Wildman–Crippen MR) is 331 cm³/mol. The predicted octanol–water partition coefficient (Wildman–Crippen LogP) is 17.9. The van der Waals surface area contributed by atoms with Gasteiger partial charge in [-0.05, 0) is 158 Å². The van der Waals surface area contributed by atoms with Crippen LogP contribution < -0.4 is 30.4 Å². The molecule has 0 N–H and O–H groups in total. The zero-order valence-electron chi connectivity index (χ0n) is 47.2. The minimum atomic E-state index is -0.128. The lowest BCUT2D eigenvalue weighted by molar-refractivity contribution is 0.195. The van der Waals surface area contributed by atoms with Crippen LogP contribution in [0.25, 0.3) is 32.3 Å². The minimum Gasteiger partial charge on any atom is -0.335 e. The van der Waals surface area contributed by atoms with E-state index in [4.69, 9.17) is 0 Å². The number of hydrogen-bond donors (Lipinski definition) is 0. The number of benzene rings is 8. The van der Waals surface area contributed by atoms with Gasteiger partial charge in [0.1, 0.15) is 0 Å². The molecule has 2 unspecified atom stereocenters. The van der Waals surface area contributed by atoms with Gasteiger partial charge in [0.15, 0.2) is 0 Å². The smallest absolute Gasteiger partial charge is 0.264 e. The van der Waals surface area contributed by atoms with Crippen LogP contribution in [-0.2, 0) is 27.1 Å². The van der Waals surface area contributed by atoms with Gasteiger partial charge in [0.2, 0.25) is 0 Å². The maximum Gasteiger partial charge on any atom is 0.264 e. The average molecular weight is 1020 g/mol. The third-order valence-electron chi connectivity index (χ3n) is 20.3. The standard InChI is InChI=1S/C72H70BN3S/c1-67(2,3)43-26-30-45(31-27-43)74(58-25-19-24-54-62(58)49-21-14-16-23-53(49)69(54,7)8)47-34-36-57-60(40-47)76-65-55(71(11)38-17-18-39-72(71,76)12)35-37-59-63(65)73(57)66-64(75(59)46-32-28-44(29-33-46)68(4,5)6)51-41-50-48-20-13-15-22-52(48)70(9,10)56(50)42-61(51)77-66/h13-16,19-37,40-42H,17-18,38-39H2,1-12H3. The molecular formula is C72H70BN3S. The molecule has 5 heteroatoms. The maximum absolute atomic E-state index is 2.91. The molecule has 0 saturated heterocycles. The van der Waals surface area contributed by atoms with Crippen molar-refractivity contribution in [3.8, 4) is 22.3 Å². The Balaban J connectivity index is 1.02. The van der Waals surface area contributed by atoms with Crippen LogP contribution in [0, 0.1) is 0 Å². The van der Waals surface area contributed by atoms with Crippen LogP contribution >= 0.6 is 11.3 Å². The summed E-state index contributed by atoms with van der Waals surface area (Å²) in [7, 11) is 0. The normalized spacial score (nSPS) is 20.5. The van der Waals surface area contributed by atoms with Gasteiger partial charge < -0.3 is 14.7 Å². The monoisotopic (exact) mass is 1020 g/mol. The topological polar surface area (TPSA) is 9.72 Å². The number of hydrogen-bond acceptors (Lipinski definition) is 4. The van der Waals surface area contributed by atoms with Crippen molar-refractivity contribution >= 4 is 89.3 Å². The molecular weight excluding hydrogens is 950 g/mol. The van der Waals surface area contributed by atoms with Gasteiger partial charge in [0.05, 0.1) is 16.9 Å². The van der Waals surface area contributed by atoms with Gasteiger partial charge in [0.25, 0.3) is 6.71 Å². The van der Waals surface area contributed by atoms with Gasteiger partial charge in [0, 0.05) is 70.8 Å². The molecule has 382 valence electrons. The van der Waals surface area contributed by atoms with Crippen molar-refractivity contribution in [2.75, 3.05) is 14.7 Å². The van der Waals surface area contributed by atoms with E-state index in [1.807, 2.05) is 11.3 Å². The molecule has 77 heavy (non-hydrogen) atoms. The lowest BCUT2D eigenvalue weighted by Gasteiger charge is -2.52. The molecule has 9 aromatic rings. The zero-order chi connectivity index (χ0) is 53.1. The summed E-state index contributed by atoms with van der Waals surface area (Å²) in [5, 5.41) is 1.35. The van der Waals surface area contributed by atoms with Crippen LogP contribution in [0.15, 0.2) is 158 Å². The van der Waals surface area contributed by atoms with Crippen molar-refractivity contribution in [2.24, 2.45) is 0 Å². The van der Waals surface area contributed by atoms with E-state index in [1.54, 1.807) is 0 Å². The number of thiophene rings is 1. The van der Waals surface area contributed by atoms with Gasteiger partial charge in [-0.1, -0.05) is 186 Å². The van der Waals surface area contributed by atoms with Crippen molar-refractivity contribution in [2.45, 2.75) is 141 Å². The molecule has 15 rings (SSSR count). The van der Waals surface area contributed by atoms with E-state index in [0.29, 0.717) is 0 Å². The number of anilines is 8. The average Bonchev–Trinajstić information content (AvgIpc) is 3.06. The van der Waals surface area contributed by atoms with E-state index in [9.17, 15) is 0 Å². The first-order valence-corrected chi connectivity index (χ1v) is 29.4. The van der Waals surface area contributed by atoms with Crippen LogP contribution in [0.5, 0.6) is 0 Å². The SMILES string of the molecule is CC(C)(C)c1ccc(N(c2ccc3c(c2)N2c4c(ccc5c4B3c3sc4cc6c(cc4c3N5c3ccc(C(C)(C)C)cc3)-c3ccccc3C6(C)C)C3(C)CCCCC23C)c2cccc3c2-c2ccccc2C3(C)C)cc1. The Morgan fingerprint density at radius 3 is 1.86 bits per heavy atom. The summed E-state index contributed by atoms with van der Waals surface area (Å²) in [6.45, 7) is 28.9. The Labute approximate surface area is 461 Å². The van der Waals surface area contributed by atoms with Crippen LogP contribution in [0.3, 0.4) is 0 Å². The Morgan fingerprint density at radius 1 is 0.519 bits per heavy atom. The van der Waals surface area contributed by atoms with Crippen LogP contribution in [0.2, 0.25) is 0 Å². The summed E-state index contributed by atoms with van der Waals surface area (Å²) in [4.78, 5) is 8.20. The number of nitrogens with zero attached hydrogens (tertiary/aromatic N) is 3. The largest absolute Gasteiger partial charge is 0.335 e. The molecule has 3 aliphatic heterocycles. The second-order valence-corrected chi connectivity index (χ2v) is 28.3. The van der Waals surface area contributed by atoms with Crippen molar-refractivity contribution in [3.63, 3.8) is 0 Å². The van der Waals surface area contributed by atoms with Crippen molar-refractivity contribution in [1.29, 1.82) is 0 Å². The molecule has 3 nitrogen and oxygen atoms in total. The quantitative estimate of drug-likeness (QED) is 0.163. The van der Waals surface area contributed by atoms with Crippen LogP contribution in [0.1, 0.15) is 148 Å². The van der Waals surface area contributed by atoms with Gasteiger partial charge in [-0.2, -0.15) is 0 Å². The Kier molecular flexibility index (Phi) is 9.52. The fourth-order valence-electron chi connectivity index (χ4n) is 15.9. The molecule has 0 spiro atoms. The van der Waals surface area contributed by atoms with Gasteiger partial charge in [-0.15, -0.1) is 11.3 Å². The molecule has 1 fully saturated rings. The number of fused-ring (bicyclic) bond motifs is 16. The molecule has 0 amide bonds. The highest BCUT2D eigenvalue weighted by Crippen LogP contribution is 2.64. The minimum absolute atomic E-state index is 0.0325. The van der Waals surface area contributed by atoms with E-state index in [0.717, 1.165) is 6.42 Å². The second-order valence-electron chi connectivity index (χ2n) is 27.2. The van der Waals surface area contributed by atoms with Crippen LogP contribution in [0.4, 0.5) is 45.5 Å². The first-order chi connectivity index (χ1) is 36.7. The van der Waals surface area contributed by atoms with E-state index < -0.39 is 0 Å². The molecule has 2 atom stereocenters. The Bertz CT molecular complexity index is 4010. The zero-order valence-corrected chi connectivity index (χ0v) is 48.0. The summed E-state index contributed by atoms with van der Waals surface area (Å²) >= 11 is 2.05. The third-order valence-corrected chi connectivity index (χ3v) is 21.5. The lowest BCUT2D eigenvalue weighted by Crippen LogP contribution is -2.63. The van der Waals surface area contributed by atoms with Gasteiger partial charge in [-0.3, -0.25) is 0 Å².